The number of nitrogens with one attached hydrogen (secondary N) is 2. The summed E-state index contributed by atoms with van der Waals surface area (Å²) in [6.45, 7) is 17.3. The van der Waals surface area contributed by atoms with Crippen molar-refractivity contribution >= 4 is 12.1 Å². The van der Waals surface area contributed by atoms with Crippen molar-refractivity contribution in [1.29, 1.82) is 0 Å². The number of unbranched alkanes of at least 4 members (excludes halogenated alkanes) is 1. The molecule has 9 heteroatoms. The Morgan fingerprint density at radius 2 is 1.87 bits per heavy atom. The van der Waals surface area contributed by atoms with Crippen LogP contribution in [0.4, 0.5) is 4.79 Å². The summed E-state index contributed by atoms with van der Waals surface area (Å²) in [7, 11) is 1.67. The van der Waals surface area contributed by atoms with E-state index in [0.717, 1.165) is 38.5 Å². The summed E-state index contributed by atoms with van der Waals surface area (Å²) in [5.74, 6) is 0.726. The topological polar surface area (TPSA) is 93.7 Å². The zero-order valence-corrected chi connectivity index (χ0v) is 20.7. The first kappa shape index (κ1) is 27.5. The number of hydrogen-bond acceptors (Lipinski definition) is 6. The molecule has 0 aliphatic carbocycles. The molecular weight excluding hydrogens is 400 g/mol. The van der Waals surface area contributed by atoms with Crippen molar-refractivity contribution in [3.63, 3.8) is 0 Å². The van der Waals surface area contributed by atoms with Gasteiger partial charge in [0.2, 0.25) is 0 Å². The van der Waals surface area contributed by atoms with Gasteiger partial charge in [-0.3, -0.25) is 9.89 Å². The highest BCUT2D eigenvalue weighted by Gasteiger charge is 2.49. The molecule has 1 aliphatic heterocycles. The Morgan fingerprint density at radius 3 is 2.48 bits per heavy atom. The standard InChI is InChI=1S/C22H44N4O5/c1-9-23-19(24-12-10-11-13-29-15-14-28-8)25-16-18-17(2)30-22(6,7)26(18)20(27)31-21(3,4)5/h17-18H,9-16H2,1-8H3,(H2,23,24,25). The summed E-state index contributed by atoms with van der Waals surface area (Å²) in [6, 6.07) is -0.213. The molecule has 1 rings (SSSR count). The van der Waals surface area contributed by atoms with Crippen LogP contribution in [0.15, 0.2) is 4.99 Å². The van der Waals surface area contributed by atoms with E-state index in [-0.39, 0.29) is 18.2 Å². The second-order valence-corrected chi connectivity index (χ2v) is 9.15. The van der Waals surface area contributed by atoms with E-state index in [1.165, 1.54) is 0 Å². The van der Waals surface area contributed by atoms with Crippen molar-refractivity contribution in [3.8, 4) is 0 Å². The van der Waals surface area contributed by atoms with E-state index < -0.39 is 11.3 Å². The normalized spacial score (nSPS) is 21.3. The van der Waals surface area contributed by atoms with Gasteiger partial charge >= 0.3 is 6.09 Å². The van der Waals surface area contributed by atoms with Crippen LogP contribution in [0.3, 0.4) is 0 Å². The first-order valence-electron chi connectivity index (χ1n) is 11.3. The largest absolute Gasteiger partial charge is 0.444 e. The quantitative estimate of drug-likeness (QED) is 0.287. The van der Waals surface area contributed by atoms with Gasteiger partial charge in [0.25, 0.3) is 0 Å². The third kappa shape index (κ3) is 10.1. The number of aliphatic imine (C=N–C) groups is 1. The van der Waals surface area contributed by atoms with Crippen LogP contribution in [0.2, 0.25) is 0 Å². The second kappa shape index (κ2) is 13.1. The molecule has 0 spiro atoms. The fourth-order valence-corrected chi connectivity index (χ4v) is 3.40. The van der Waals surface area contributed by atoms with Crippen molar-refractivity contribution in [3.05, 3.63) is 0 Å². The van der Waals surface area contributed by atoms with Gasteiger partial charge in [0, 0.05) is 26.8 Å². The third-order valence-electron chi connectivity index (χ3n) is 4.74. The van der Waals surface area contributed by atoms with E-state index in [1.807, 2.05) is 48.5 Å². The number of nitrogens with zero attached hydrogens (tertiary/aromatic N) is 2. The molecular formula is C22H44N4O5. The summed E-state index contributed by atoms with van der Waals surface area (Å²) in [4.78, 5) is 19.3. The van der Waals surface area contributed by atoms with Gasteiger partial charge in [-0.05, 0) is 61.3 Å². The number of rotatable bonds is 11. The van der Waals surface area contributed by atoms with Crippen molar-refractivity contribution < 1.29 is 23.7 Å². The van der Waals surface area contributed by atoms with Gasteiger partial charge in [-0.25, -0.2) is 4.79 Å². The number of hydrogen-bond donors (Lipinski definition) is 2. The summed E-state index contributed by atoms with van der Waals surface area (Å²) in [6.07, 6.45) is 1.40. The number of methoxy groups -OCH3 is 1. The predicted molar refractivity (Wildman–Crippen MR) is 122 cm³/mol. The number of ether oxygens (including phenoxy) is 4. The molecule has 2 unspecified atom stereocenters. The monoisotopic (exact) mass is 444 g/mol. The van der Waals surface area contributed by atoms with Gasteiger partial charge in [0.05, 0.1) is 31.9 Å². The minimum atomic E-state index is -0.753. The Bertz CT molecular complexity index is 563. The molecule has 0 radical (unpaired) electrons. The first-order valence-corrected chi connectivity index (χ1v) is 11.3. The van der Waals surface area contributed by atoms with Gasteiger partial charge in [-0.15, -0.1) is 0 Å². The molecule has 182 valence electrons. The Morgan fingerprint density at radius 1 is 1.16 bits per heavy atom. The van der Waals surface area contributed by atoms with E-state index >= 15 is 0 Å². The maximum Gasteiger partial charge on any atom is 0.412 e. The SMILES string of the molecule is CCNC(=NCC1C(C)OC(C)(C)N1C(=O)OC(C)(C)C)NCCCCOCCOC. The fourth-order valence-electron chi connectivity index (χ4n) is 3.40. The van der Waals surface area contributed by atoms with Crippen molar-refractivity contribution in [2.75, 3.05) is 46.6 Å². The molecule has 1 saturated heterocycles. The maximum atomic E-state index is 12.9. The van der Waals surface area contributed by atoms with Gasteiger partial charge in [0.1, 0.15) is 11.3 Å². The average molecular weight is 445 g/mol. The molecule has 31 heavy (non-hydrogen) atoms. The lowest BCUT2D eigenvalue weighted by atomic mass is 10.1. The van der Waals surface area contributed by atoms with Crippen LogP contribution in [0.5, 0.6) is 0 Å². The lowest BCUT2D eigenvalue weighted by Gasteiger charge is -2.34. The average Bonchev–Trinajstić information content (AvgIpc) is 2.88. The summed E-state index contributed by atoms with van der Waals surface area (Å²) >= 11 is 0. The lowest BCUT2D eigenvalue weighted by Crippen LogP contribution is -2.51. The highest BCUT2D eigenvalue weighted by Crippen LogP contribution is 2.33. The molecule has 0 aromatic carbocycles. The molecule has 0 aromatic heterocycles. The van der Waals surface area contributed by atoms with Crippen molar-refractivity contribution in [2.24, 2.45) is 4.99 Å². The second-order valence-electron chi connectivity index (χ2n) is 9.15. The number of amides is 1. The molecule has 0 aromatic rings. The van der Waals surface area contributed by atoms with Crippen LogP contribution in [-0.2, 0) is 18.9 Å². The molecule has 1 fully saturated rings. The minimum absolute atomic E-state index is 0.154. The Kier molecular flexibility index (Phi) is 11.6. The van der Waals surface area contributed by atoms with Crippen LogP contribution in [0.25, 0.3) is 0 Å². The van der Waals surface area contributed by atoms with E-state index in [1.54, 1.807) is 12.0 Å². The Labute approximate surface area is 188 Å². The van der Waals surface area contributed by atoms with Crippen molar-refractivity contribution in [2.45, 2.75) is 84.8 Å². The van der Waals surface area contributed by atoms with Crippen LogP contribution in [-0.4, -0.2) is 87.0 Å². The number of guanidine groups is 1. The van der Waals surface area contributed by atoms with Gasteiger partial charge in [-0.2, -0.15) is 0 Å². The van der Waals surface area contributed by atoms with Crippen molar-refractivity contribution in [1.82, 2.24) is 15.5 Å². The Hall–Kier alpha value is -1.58. The van der Waals surface area contributed by atoms with Gasteiger partial charge < -0.3 is 29.6 Å². The molecule has 1 heterocycles. The van der Waals surface area contributed by atoms with Crippen LogP contribution in [0.1, 0.15) is 61.3 Å². The van der Waals surface area contributed by atoms with E-state index in [2.05, 4.69) is 10.6 Å². The molecule has 0 bridgehead atoms. The number of carbonyl (C=O) groups excluding carboxylic acids is 1. The van der Waals surface area contributed by atoms with Gasteiger partial charge in [0.15, 0.2) is 5.96 Å². The third-order valence-corrected chi connectivity index (χ3v) is 4.74. The van der Waals surface area contributed by atoms with E-state index in [0.29, 0.717) is 19.8 Å². The fraction of sp³-hybridized carbons (Fsp3) is 0.909. The van der Waals surface area contributed by atoms with Crippen LogP contribution >= 0.6 is 0 Å². The van der Waals surface area contributed by atoms with E-state index in [9.17, 15) is 4.79 Å². The summed E-state index contributed by atoms with van der Waals surface area (Å²) in [5.41, 5.74) is -1.33. The zero-order valence-electron chi connectivity index (χ0n) is 20.7. The molecule has 1 aliphatic rings. The highest BCUT2D eigenvalue weighted by atomic mass is 16.6. The molecule has 9 nitrogen and oxygen atoms in total. The zero-order chi connectivity index (χ0) is 23.5. The predicted octanol–water partition coefficient (Wildman–Crippen LogP) is 2.75. The molecule has 1 amide bonds. The Balaban J connectivity index is 2.65. The van der Waals surface area contributed by atoms with Crippen LogP contribution < -0.4 is 10.6 Å². The summed E-state index contributed by atoms with van der Waals surface area (Å²) < 4.78 is 22.1. The first-order chi connectivity index (χ1) is 14.5. The minimum Gasteiger partial charge on any atom is -0.444 e. The van der Waals surface area contributed by atoms with Crippen LogP contribution in [0, 0.1) is 0 Å². The molecule has 2 N–H and O–H groups in total. The van der Waals surface area contributed by atoms with E-state index in [4.69, 9.17) is 23.9 Å². The molecule has 0 saturated carbocycles. The summed E-state index contributed by atoms with van der Waals surface area (Å²) in [5, 5.41) is 6.61. The number of carbonyl (C=O) groups is 1. The highest BCUT2D eigenvalue weighted by molar-refractivity contribution is 5.79. The van der Waals surface area contributed by atoms with Gasteiger partial charge in [-0.1, -0.05) is 0 Å². The molecule has 2 atom stereocenters. The smallest absolute Gasteiger partial charge is 0.412 e. The lowest BCUT2D eigenvalue weighted by molar-refractivity contribution is -0.0755. The maximum absolute atomic E-state index is 12.9.